The molecule has 0 unspecified atom stereocenters. The number of unbranched alkanes of at least 4 members (excludes halogenated alkanes) is 13. The van der Waals surface area contributed by atoms with Crippen LogP contribution in [-0.2, 0) is 19.1 Å². The van der Waals surface area contributed by atoms with Gasteiger partial charge in [0.2, 0.25) is 0 Å². The molecule has 0 aromatic rings. The third-order valence-corrected chi connectivity index (χ3v) is 6.20. The number of ether oxygens (including phenoxy) is 2. The number of esters is 2. The van der Waals surface area contributed by atoms with E-state index in [2.05, 4.69) is 13.8 Å². The average Bonchev–Trinajstić information content (AvgIpc) is 2.75. The van der Waals surface area contributed by atoms with Crippen LogP contribution in [0.25, 0.3) is 0 Å². The van der Waals surface area contributed by atoms with E-state index in [0.717, 1.165) is 25.7 Å². The molecular formula is C26H50O4. The summed E-state index contributed by atoms with van der Waals surface area (Å²) in [4.78, 5) is 25.3. The normalized spacial score (nSPS) is 11.5. The van der Waals surface area contributed by atoms with Crippen molar-refractivity contribution in [2.75, 3.05) is 13.2 Å². The third kappa shape index (κ3) is 12.6. The van der Waals surface area contributed by atoms with Crippen LogP contribution in [0.4, 0.5) is 0 Å². The minimum absolute atomic E-state index is 0.399. The second-order valence-electron chi connectivity index (χ2n) is 8.66. The summed E-state index contributed by atoms with van der Waals surface area (Å²) in [5.74, 6) is -0.810. The molecule has 0 aliphatic carbocycles. The standard InChI is InChI=1S/C26H50O4/c1-5-9-11-13-14-15-16-17-19-21-23-30-25(28)26(7-3,8-4)24(27)29-22-20-18-12-10-6-2/h5-23H2,1-4H3. The van der Waals surface area contributed by atoms with Gasteiger partial charge in [-0.1, -0.05) is 111 Å². The van der Waals surface area contributed by atoms with Crippen molar-refractivity contribution in [3.05, 3.63) is 0 Å². The van der Waals surface area contributed by atoms with E-state index in [-0.39, 0.29) is 0 Å². The molecule has 0 fully saturated rings. The van der Waals surface area contributed by atoms with Gasteiger partial charge in [-0.15, -0.1) is 0 Å². The van der Waals surface area contributed by atoms with Gasteiger partial charge in [0.25, 0.3) is 0 Å². The molecule has 0 atom stereocenters. The van der Waals surface area contributed by atoms with Gasteiger partial charge >= 0.3 is 11.9 Å². The monoisotopic (exact) mass is 426 g/mol. The van der Waals surface area contributed by atoms with E-state index in [4.69, 9.17) is 9.47 Å². The van der Waals surface area contributed by atoms with Gasteiger partial charge in [0.05, 0.1) is 13.2 Å². The smallest absolute Gasteiger partial charge is 0.323 e. The van der Waals surface area contributed by atoms with E-state index in [1.165, 1.54) is 70.6 Å². The van der Waals surface area contributed by atoms with E-state index in [1.807, 2.05) is 13.8 Å². The third-order valence-electron chi connectivity index (χ3n) is 6.20. The van der Waals surface area contributed by atoms with Gasteiger partial charge in [0, 0.05) is 0 Å². The van der Waals surface area contributed by atoms with Crippen molar-refractivity contribution in [1.82, 2.24) is 0 Å². The predicted octanol–water partition coefficient (Wildman–Crippen LogP) is 7.77. The summed E-state index contributed by atoms with van der Waals surface area (Å²) in [5.41, 5.74) is -1.14. The molecule has 4 heteroatoms. The number of carbonyl (C=O) groups excluding carboxylic acids is 2. The van der Waals surface area contributed by atoms with Gasteiger partial charge in [0.1, 0.15) is 0 Å². The van der Waals surface area contributed by atoms with E-state index in [9.17, 15) is 9.59 Å². The first-order valence-corrected chi connectivity index (χ1v) is 12.9. The zero-order chi connectivity index (χ0) is 22.5. The van der Waals surface area contributed by atoms with Crippen LogP contribution in [0, 0.1) is 5.41 Å². The zero-order valence-corrected chi connectivity index (χ0v) is 20.6. The Bertz CT molecular complexity index is 415. The van der Waals surface area contributed by atoms with E-state index in [0.29, 0.717) is 26.1 Å². The first kappa shape index (κ1) is 28.9. The highest BCUT2D eigenvalue weighted by Gasteiger charge is 2.45. The summed E-state index contributed by atoms with van der Waals surface area (Å²) >= 11 is 0. The van der Waals surface area contributed by atoms with Crippen LogP contribution in [0.3, 0.4) is 0 Å². The van der Waals surface area contributed by atoms with Gasteiger partial charge in [-0.05, 0) is 25.7 Å². The van der Waals surface area contributed by atoms with Crippen molar-refractivity contribution in [1.29, 1.82) is 0 Å². The molecule has 0 saturated carbocycles. The lowest BCUT2D eigenvalue weighted by atomic mass is 9.82. The van der Waals surface area contributed by atoms with Gasteiger partial charge in [-0.25, -0.2) is 0 Å². The van der Waals surface area contributed by atoms with E-state index < -0.39 is 17.4 Å². The average molecular weight is 427 g/mol. The molecule has 178 valence electrons. The van der Waals surface area contributed by atoms with Crippen molar-refractivity contribution >= 4 is 11.9 Å². The number of rotatable bonds is 21. The Balaban J connectivity index is 4.04. The fourth-order valence-electron chi connectivity index (χ4n) is 3.81. The summed E-state index contributed by atoms with van der Waals surface area (Å²) in [7, 11) is 0. The van der Waals surface area contributed by atoms with Gasteiger partial charge in [0.15, 0.2) is 5.41 Å². The molecule has 0 bridgehead atoms. The van der Waals surface area contributed by atoms with Crippen LogP contribution in [0.15, 0.2) is 0 Å². The van der Waals surface area contributed by atoms with Crippen LogP contribution in [0.5, 0.6) is 0 Å². The van der Waals surface area contributed by atoms with Crippen LogP contribution >= 0.6 is 0 Å². The highest BCUT2D eigenvalue weighted by Crippen LogP contribution is 2.30. The maximum atomic E-state index is 12.7. The minimum atomic E-state index is -1.14. The molecule has 0 aromatic heterocycles. The van der Waals surface area contributed by atoms with E-state index in [1.54, 1.807) is 0 Å². The zero-order valence-electron chi connectivity index (χ0n) is 20.6. The highest BCUT2D eigenvalue weighted by molar-refractivity contribution is 5.99. The molecule has 0 aliphatic heterocycles. The number of hydrogen-bond donors (Lipinski definition) is 0. The molecule has 0 radical (unpaired) electrons. The molecule has 30 heavy (non-hydrogen) atoms. The van der Waals surface area contributed by atoms with Crippen molar-refractivity contribution in [2.45, 2.75) is 137 Å². The summed E-state index contributed by atoms with van der Waals surface area (Å²) in [6, 6.07) is 0. The summed E-state index contributed by atoms with van der Waals surface area (Å²) < 4.78 is 11.0. The van der Waals surface area contributed by atoms with Crippen molar-refractivity contribution in [3.63, 3.8) is 0 Å². The molecule has 0 N–H and O–H groups in total. The molecule has 0 amide bonds. The second-order valence-corrected chi connectivity index (χ2v) is 8.66. The topological polar surface area (TPSA) is 52.6 Å². The molecule has 4 nitrogen and oxygen atoms in total. The van der Waals surface area contributed by atoms with Crippen LogP contribution in [0.2, 0.25) is 0 Å². The molecule has 0 spiro atoms. The maximum Gasteiger partial charge on any atom is 0.323 e. The number of carbonyl (C=O) groups is 2. The number of hydrogen-bond acceptors (Lipinski definition) is 4. The fraction of sp³-hybridized carbons (Fsp3) is 0.923. The summed E-state index contributed by atoms with van der Waals surface area (Å²) in [5, 5.41) is 0. The van der Waals surface area contributed by atoms with Crippen LogP contribution in [0.1, 0.15) is 137 Å². The molecule has 0 saturated heterocycles. The largest absolute Gasteiger partial charge is 0.465 e. The Hall–Kier alpha value is -1.06. The quantitative estimate of drug-likeness (QED) is 0.107. The second kappa shape index (κ2) is 19.9. The van der Waals surface area contributed by atoms with Gasteiger partial charge < -0.3 is 9.47 Å². The molecule has 0 heterocycles. The Kier molecular flexibility index (Phi) is 19.2. The van der Waals surface area contributed by atoms with Gasteiger partial charge in [-0.3, -0.25) is 9.59 Å². The van der Waals surface area contributed by atoms with E-state index >= 15 is 0 Å². The van der Waals surface area contributed by atoms with Crippen molar-refractivity contribution in [3.8, 4) is 0 Å². The SMILES string of the molecule is CCCCCCCCCCCCOC(=O)C(CC)(CC)C(=O)OCCCCCCC. The molecule has 0 rings (SSSR count). The lowest BCUT2D eigenvalue weighted by Gasteiger charge is -2.27. The maximum absolute atomic E-state index is 12.7. The first-order chi connectivity index (χ1) is 14.6. The van der Waals surface area contributed by atoms with Crippen molar-refractivity contribution < 1.29 is 19.1 Å². The van der Waals surface area contributed by atoms with Crippen LogP contribution < -0.4 is 0 Å². The lowest BCUT2D eigenvalue weighted by Crippen LogP contribution is -2.41. The first-order valence-electron chi connectivity index (χ1n) is 12.9. The lowest BCUT2D eigenvalue weighted by molar-refractivity contribution is -0.173. The van der Waals surface area contributed by atoms with Crippen molar-refractivity contribution in [2.24, 2.45) is 5.41 Å². The molecular weight excluding hydrogens is 376 g/mol. The highest BCUT2D eigenvalue weighted by atomic mass is 16.6. The summed E-state index contributed by atoms with van der Waals surface area (Å²) in [6.45, 7) is 8.97. The Morgan fingerprint density at radius 1 is 0.500 bits per heavy atom. The van der Waals surface area contributed by atoms with Crippen LogP contribution in [-0.4, -0.2) is 25.2 Å². The fourth-order valence-corrected chi connectivity index (χ4v) is 3.81. The van der Waals surface area contributed by atoms with Gasteiger partial charge in [-0.2, -0.15) is 0 Å². The Labute approximate surface area is 186 Å². The minimum Gasteiger partial charge on any atom is -0.465 e. The molecule has 0 aliphatic rings. The Morgan fingerprint density at radius 2 is 0.800 bits per heavy atom. The Morgan fingerprint density at radius 3 is 1.10 bits per heavy atom. The summed E-state index contributed by atoms with van der Waals surface area (Å²) in [6.07, 6.45) is 18.8. The molecule has 0 aromatic carbocycles. The predicted molar refractivity (Wildman–Crippen MR) is 126 cm³/mol.